The second kappa shape index (κ2) is 14.8. The highest BCUT2D eigenvalue weighted by Crippen LogP contribution is 2.34. The Bertz CT molecular complexity index is 1540. The summed E-state index contributed by atoms with van der Waals surface area (Å²) in [5.74, 6) is 0.435. The highest BCUT2D eigenvalue weighted by Gasteiger charge is 2.24. The van der Waals surface area contributed by atoms with Gasteiger partial charge in [-0.05, 0) is 79.5 Å². The molecule has 0 spiro atoms. The molecule has 3 N–H and O–H groups in total. The molecule has 0 fully saturated rings. The quantitative estimate of drug-likeness (QED) is 0.0771. The standard InChI is InChI=1S/C36H44N4O4/c1-23(2)17-29(18-24(3)4)40-16-15-27-19-26(13-14-28(27)21-40)22-44-34-25(5)9-7-10-30(34)32-11-8-12-33(38-32)39-35(43-6)31(20-37)36(41)42/h7-14,19-20,24,29,37H,1,15-18,21-22H2,2-6H3,(H,38,39)(H,41,42)/b35-31-,37-20?. The average molecular weight is 597 g/mol. The fourth-order valence-electron chi connectivity index (χ4n) is 5.76. The summed E-state index contributed by atoms with van der Waals surface area (Å²) in [6, 6.07) is 18.6. The summed E-state index contributed by atoms with van der Waals surface area (Å²) in [4.78, 5) is 18.8. The van der Waals surface area contributed by atoms with E-state index in [0.29, 0.717) is 30.1 Å². The van der Waals surface area contributed by atoms with Crippen molar-refractivity contribution < 1.29 is 19.4 Å². The fourth-order valence-corrected chi connectivity index (χ4v) is 5.76. The van der Waals surface area contributed by atoms with E-state index < -0.39 is 5.97 Å². The number of fused-ring (bicyclic) bond motifs is 1. The predicted molar refractivity (Wildman–Crippen MR) is 176 cm³/mol. The minimum absolute atomic E-state index is 0.0698. The molecule has 3 aromatic rings. The number of carboxylic acids is 1. The number of hydrogen-bond donors (Lipinski definition) is 3. The molecule has 0 amide bonds. The van der Waals surface area contributed by atoms with Crippen LogP contribution in [-0.4, -0.2) is 46.9 Å². The molecule has 0 saturated heterocycles. The number of benzene rings is 2. The van der Waals surface area contributed by atoms with Crippen LogP contribution in [0.5, 0.6) is 5.75 Å². The molecule has 1 aromatic heterocycles. The van der Waals surface area contributed by atoms with Gasteiger partial charge >= 0.3 is 5.97 Å². The van der Waals surface area contributed by atoms with Gasteiger partial charge in [0, 0.05) is 30.9 Å². The van der Waals surface area contributed by atoms with Crippen molar-refractivity contribution in [2.75, 3.05) is 19.0 Å². The molecule has 1 aliphatic heterocycles. The highest BCUT2D eigenvalue weighted by atomic mass is 16.5. The molecule has 8 nitrogen and oxygen atoms in total. The first-order chi connectivity index (χ1) is 21.1. The van der Waals surface area contributed by atoms with Crippen molar-refractivity contribution >= 4 is 18.0 Å². The molecule has 0 aliphatic carbocycles. The predicted octanol–water partition coefficient (Wildman–Crippen LogP) is 7.38. The number of carboxylic acid groups (broad SMARTS) is 1. The molecular weight excluding hydrogens is 552 g/mol. The number of pyridine rings is 1. The van der Waals surface area contributed by atoms with Gasteiger partial charge in [0.1, 0.15) is 23.7 Å². The van der Waals surface area contributed by atoms with E-state index in [1.165, 1.54) is 30.2 Å². The number of aliphatic carboxylic acids is 1. The minimum Gasteiger partial charge on any atom is -0.488 e. The summed E-state index contributed by atoms with van der Waals surface area (Å²) in [6.07, 6.45) is 3.98. The summed E-state index contributed by atoms with van der Waals surface area (Å²) in [5.41, 5.74) is 7.31. The van der Waals surface area contributed by atoms with Crippen LogP contribution in [0.3, 0.4) is 0 Å². The Labute approximate surface area is 260 Å². The number of nitrogens with one attached hydrogen (secondary N) is 2. The molecule has 0 radical (unpaired) electrons. The Morgan fingerprint density at radius 2 is 1.95 bits per heavy atom. The van der Waals surface area contributed by atoms with Crippen LogP contribution in [0.25, 0.3) is 11.3 Å². The number of anilines is 1. The third kappa shape index (κ3) is 8.14. The van der Waals surface area contributed by atoms with Gasteiger partial charge < -0.3 is 25.3 Å². The van der Waals surface area contributed by atoms with Crippen molar-refractivity contribution in [1.29, 1.82) is 5.41 Å². The van der Waals surface area contributed by atoms with E-state index in [2.05, 4.69) is 55.8 Å². The zero-order chi connectivity index (χ0) is 31.8. The molecule has 4 rings (SSSR count). The third-order valence-corrected chi connectivity index (χ3v) is 7.84. The average Bonchev–Trinajstić information content (AvgIpc) is 2.99. The van der Waals surface area contributed by atoms with Gasteiger partial charge in [-0.15, -0.1) is 6.58 Å². The van der Waals surface area contributed by atoms with Gasteiger partial charge in [0.15, 0.2) is 0 Å². The lowest BCUT2D eigenvalue weighted by Crippen LogP contribution is -2.40. The van der Waals surface area contributed by atoms with Gasteiger partial charge in [0.05, 0.1) is 12.8 Å². The lowest BCUT2D eigenvalue weighted by atomic mass is 9.92. The maximum absolute atomic E-state index is 11.5. The molecule has 2 heterocycles. The van der Waals surface area contributed by atoms with E-state index in [0.717, 1.165) is 54.6 Å². The van der Waals surface area contributed by atoms with Crippen molar-refractivity contribution in [3.8, 4) is 17.0 Å². The topological polar surface area (TPSA) is 108 Å². The second-order valence-corrected chi connectivity index (χ2v) is 11.9. The molecule has 1 atom stereocenters. The number of hydrogen-bond acceptors (Lipinski definition) is 7. The molecule has 1 aliphatic rings. The van der Waals surface area contributed by atoms with Crippen LogP contribution >= 0.6 is 0 Å². The lowest BCUT2D eigenvalue weighted by Gasteiger charge is -2.37. The van der Waals surface area contributed by atoms with Crippen LogP contribution in [0.1, 0.15) is 55.9 Å². The van der Waals surface area contributed by atoms with Crippen LogP contribution < -0.4 is 10.1 Å². The van der Waals surface area contributed by atoms with Crippen LogP contribution in [-0.2, 0) is 29.1 Å². The van der Waals surface area contributed by atoms with Crippen LogP contribution in [0.4, 0.5) is 5.82 Å². The molecule has 44 heavy (non-hydrogen) atoms. The van der Waals surface area contributed by atoms with Crippen LogP contribution in [0.15, 0.2) is 78.2 Å². The molecule has 8 heteroatoms. The van der Waals surface area contributed by atoms with Crippen LogP contribution in [0, 0.1) is 18.3 Å². The van der Waals surface area contributed by atoms with E-state index in [1.54, 1.807) is 6.07 Å². The lowest BCUT2D eigenvalue weighted by molar-refractivity contribution is -0.132. The molecule has 232 valence electrons. The van der Waals surface area contributed by atoms with E-state index in [-0.39, 0.29) is 11.5 Å². The first-order valence-electron chi connectivity index (χ1n) is 15.1. The summed E-state index contributed by atoms with van der Waals surface area (Å²) < 4.78 is 11.7. The molecule has 1 unspecified atom stereocenters. The number of rotatable bonds is 14. The third-order valence-electron chi connectivity index (χ3n) is 7.84. The highest BCUT2D eigenvalue weighted by molar-refractivity contribution is 6.08. The number of aromatic nitrogens is 1. The number of carbonyl (C=O) groups is 1. The summed E-state index contributed by atoms with van der Waals surface area (Å²) in [7, 11) is 1.34. The Hall–Kier alpha value is -4.43. The number of methoxy groups -OCH3 is 1. The first kappa shape index (κ1) is 32.5. The summed E-state index contributed by atoms with van der Waals surface area (Å²) >= 11 is 0. The fraction of sp³-hybridized carbons (Fsp3) is 0.361. The van der Waals surface area contributed by atoms with Crippen molar-refractivity contribution in [2.45, 2.75) is 66.2 Å². The van der Waals surface area contributed by atoms with Gasteiger partial charge in [-0.1, -0.05) is 55.8 Å². The zero-order valence-electron chi connectivity index (χ0n) is 26.4. The van der Waals surface area contributed by atoms with E-state index in [1.807, 2.05) is 37.3 Å². The smallest absolute Gasteiger partial charge is 0.342 e. The Kier molecular flexibility index (Phi) is 11.0. The summed E-state index contributed by atoms with van der Waals surface area (Å²) in [5, 5.41) is 19.7. The SMILES string of the molecule is C=C(C)CC(CC(C)C)N1CCc2cc(COc3c(C)cccc3-c3cccc(N/C(OC)=C(\C=N)C(=O)O)n3)ccc2C1. The number of ether oxygens (including phenoxy) is 2. The minimum atomic E-state index is -1.27. The number of aryl methyl sites for hydroxylation is 1. The van der Waals surface area contributed by atoms with Gasteiger partial charge in [0.2, 0.25) is 5.88 Å². The van der Waals surface area contributed by atoms with Crippen molar-refractivity contribution in [2.24, 2.45) is 5.92 Å². The summed E-state index contributed by atoms with van der Waals surface area (Å²) in [6.45, 7) is 15.4. The normalized spacial score (nSPS) is 14.3. The van der Waals surface area contributed by atoms with E-state index >= 15 is 0 Å². The zero-order valence-corrected chi connectivity index (χ0v) is 26.4. The number of para-hydroxylation sites is 1. The molecule has 2 aromatic carbocycles. The molecular formula is C36H44N4O4. The Morgan fingerprint density at radius 3 is 2.64 bits per heavy atom. The van der Waals surface area contributed by atoms with Gasteiger partial charge in [0.25, 0.3) is 0 Å². The maximum Gasteiger partial charge on any atom is 0.342 e. The Morgan fingerprint density at radius 1 is 1.18 bits per heavy atom. The van der Waals surface area contributed by atoms with Gasteiger partial charge in [-0.3, -0.25) is 4.90 Å². The number of nitrogens with zero attached hydrogens (tertiary/aromatic N) is 2. The molecule has 0 bridgehead atoms. The van der Waals surface area contributed by atoms with Crippen molar-refractivity contribution in [1.82, 2.24) is 9.88 Å². The van der Waals surface area contributed by atoms with Crippen LogP contribution in [0.2, 0.25) is 0 Å². The first-order valence-corrected chi connectivity index (χ1v) is 15.1. The monoisotopic (exact) mass is 596 g/mol. The van der Waals surface area contributed by atoms with E-state index in [4.69, 9.17) is 19.9 Å². The van der Waals surface area contributed by atoms with Crippen molar-refractivity contribution in [3.05, 3.63) is 100 Å². The second-order valence-electron chi connectivity index (χ2n) is 11.9. The van der Waals surface area contributed by atoms with E-state index in [9.17, 15) is 9.90 Å². The largest absolute Gasteiger partial charge is 0.488 e. The maximum atomic E-state index is 11.5. The molecule has 0 saturated carbocycles. The van der Waals surface area contributed by atoms with Gasteiger partial charge in [-0.2, -0.15) is 0 Å². The Balaban J connectivity index is 1.51. The van der Waals surface area contributed by atoms with Crippen molar-refractivity contribution in [3.63, 3.8) is 0 Å². The van der Waals surface area contributed by atoms with Gasteiger partial charge in [-0.25, -0.2) is 9.78 Å².